The number of piperidine rings is 1. The summed E-state index contributed by atoms with van der Waals surface area (Å²) in [5.74, 6) is 1.41. The monoisotopic (exact) mass is 518 g/mol. The van der Waals surface area contributed by atoms with Gasteiger partial charge in [-0.25, -0.2) is 14.7 Å². The molecule has 5 heterocycles. The molecule has 2 fully saturated rings. The van der Waals surface area contributed by atoms with Crippen molar-refractivity contribution in [2.45, 2.75) is 37.4 Å². The maximum absolute atomic E-state index is 12.7. The van der Waals surface area contributed by atoms with Crippen LogP contribution in [0.25, 0.3) is 11.0 Å². The number of ether oxygens (including phenoxy) is 4. The summed E-state index contributed by atoms with van der Waals surface area (Å²) in [5, 5.41) is 11.6. The number of rotatable bonds is 6. The van der Waals surface area contributed by atoms with E-state index in [0.717, 1.165) is 29.5 Å². The zero-order valence-electron chi connectivity index (χ0n) is 21.2. The van der Waals surface area contributed by atoms with E-state index in [2.05, 4.69) is 20.9 Å². The number of carbonyl (C=O) groups is 1. The van der Waals surface area contributed by atoms with Gasteiger partial charge in [-0.05, 0) is 43.4 Å². The molecule has 10 heteroatoms. The van der Waals surface area contributed by atoms with Gasteiger partial charge in [-0.2, -0.15) is 0 Å². The van der Waals surface area contributed by atoms with Crippen molar-refractivity contribution in [3.63, 3.8) is 0 Å². The summed E-state index contributed by atoms with van der Waals surface area (Å²) in [4.78, 5) is 25.3. The number of cyclic esters (lactones) is 1. The van der Waals surface area contributed by atoms with E-state index in [4.69, 9.17) is 18.9 Å². The van der Waals surface area contributed by atoms with Crippen LogP contribution in [-0.4, -0.2) is 70.4 Å². The number of likely N-dealkylation sites (tertiary alicyclic amines) is 1. The van der Waals surface area contributed by atoms with E-state index in [-0.39, 0.29) is 6.10 Å². The first-order chi connectivity index (χ1) is 18.5. The van der Waals surface area contributed by atoms with Crippen LogP contribution in [0.5, 0.6) is 5.88 Å². The number of carbonyl (C=O) groups excluding carboxylic acids is 1. The molecule has 6 rings (SSSR count). The maximum Gasteiger partial charge on any atom is 0.417 e. The third-order valence-corrected chi connectivity index (χ3v) is 7.44. The van der Waals surface area contributed by atoms with Crippen molar-refractivity contribution in [3.05, 3.63) is 77.9 Å². The van der Waals surface area contributed by atoms with Gasteiger partial charge in [0.15, 0.2) is 12.0 Å². The van der Waals surface area contributed by atoms with Crippen LogP contribution in [0.4, 0.5) is 4.79 Å². The number of amides is 1. The summed E-state index contributed by atoms with van der Waals surface area (Å²) >= 11 is 0. The molecule has 2 aromatic heterocycles. The highest BCUT2D eigenvalue weighted by Crippen LogP contribution is 2.37. The average molecular weight is 519 g/mol. The molecule has 1 amide bonds. The highest BCUT2D eigenvalue weighted by atomic mass is 16.6. The van der Waals surface area contributed by atoms with Gasteiger partial charge in [0.2, 0.25) is 11.8 Å². The number of methoxy groups -OCH3 is 1. The Hall–Kier alpha value is -3.89. The van der Waals surface area contributed by atoms with Gasteiger partial charge in [-0.15, -0.1) is 0 Å². The molecule has 0 spiro atoms. The number of hydrogen-bond donors (Lipinski definition) is 1. The quantitative estimate of drug-likeness (QED) is 0.613. The number of hydrogen-bond acceptors (Lipinski definition) is 9. The summed E-state index contributed by atoms with van der Waals surface area (Å²) in [7, 11) is 1.57. The van der Waals surface area contributed by atoms with Gasteiger partial charge in [-0.1, -0.05) is 18.2 Å². The van der Waals surface area contributed by atoms with Gasteiger partial charge in [0.1, 0.15) is 12.4 Å². The predicted molar refractivity (Wildman–Crippen MR) is 137 cm³/mol. The first-order valence-corrected chi connectivity index (χ1v) is 12.9. The fraction of sp³-hybridized carbons (Fsp3) is 0.393. The Morgan fingerprint density at radius 1 is 1.21 bits per heavy atom. The van der Waals surface area contributed by atoms with Crippen molar-refractivity contribution < 1.29 is 28.8 Å². The first-order valence-electron chi connectivity index (χ1n) is 12.9. The molecule has 0 unspecified atom stereocenters. The molecule has 0 saturated carbocycles. The van der Waals surface area contributed by atoms with E-state index >= 15 is 0 Å². The van der Waals surface area contributed by atoms with Gasteiger partial charge in [0.25, 0.3) is 0 Å². The zero-order chi connectivity index (χ0) is 26.1. The molecule has 1 aliphatic carbocycles. The van der Waals surface area contributed by atoms with E-state index in [9.17, 15) is 9.90 Å². The Morgan fingerprint density at radius 3 is 2.87 bits per heavy atom. The normalized spacial score (nSPS) is 23.2. The van der Waals surface area contributed by atoms with E-state index in [1.807, 2.05) is 24.3 Å². The van der Waals surface area contributed by atoms with Crippen molar-refractivity contribution in [2.75, 3.05) is 33.3 Å². The minimum atomic E-state index is -1.03. The van der Waals surface area contributed by atoms with Gasteiger partial charge in [-0.3, -0.25) is 9.88 Å². The van der Waals surface area contributed by atoms with Crippen LogP contribution in [0.1, 0.15) is 31.2 Å². The van der Waals surface area contributed by atoms with Gasteiger partial charge in [0, 0.05) is 37.5 Å². The summed E-state index contributed by atoms with van der Waals surface area (Å²) in [6, 6.07) is 5.45. The molecule has 2 aromatic rings. The van der Waals surface area contributed by atoms with Crippen molar-refractivity contribution in [1.29, 1.82) is 0 Å². The van der Waals surface area contributed by atoms with Gasteiger partial charge in [0.05, 0.1) is 30.3 Å². The highest BCUT2D eigenvalue weighted by Gasteiger charge is 2.40. The predicted octanol–water partition coefficient (Wildman–Crippen LogP) is 3.71. The van der Waals surface area contributed by atoms with E-state index in [1.165, 1.54) is 11.2 Å². The average Bonchev–Trinajstić information content (AvgIpc) is 3.34. The maximum atomic E-state index is 12.7. The van der Waals surface area contributed by atoms with Crippen LogP contribution in [0.15, 0.2) is 72.4 Å². The molecule has 2 saturated heterocycles. The number of aromatic nitrogens is 2. The van der Waals surface area contributed by atoms with E-state index in [0.29, 0.717) is 62.1 Å². The largest absolute Gasteiger partial charge is 0.481 e. The Kier molecular flexibility index (Phi) is 6.50. The van der Waals surface area contributed by atoms with Crippen LogP contribution in [-0.2, 0) is 19.8 Å². The molecule has 0 radical (unpaired) electrons. The summed E-state index contributed by atoms with van der Waals surface area (Å²) in [6.07, 6.45) is 12.8. The SMILES string of the molecule is COc1ccc2nccc(C3(O)CCN(C[C@H]4CN(C5=COC=C(C6=CC=CCC6)O5)C(=O)O4)CC3)c2n1. The molecule has 0 aromatic carbocycles. The molecule has 198 valence electrons. The van der Waals surface area contributed by atoms with Crippen molar-refractivity contribution >= 4 is 17.1 Å². The smallest absolute Gasteiger partial charge is 0.417 e. The topological polar surface area (TPSA) is 106 Å². The Labute approximate surface area is 220 Å². The van der Waals surface area contributed by atoms with Crippen molar-refractivity contribution in [3.8, 4) is 5.88 Å². The van der Waals surface area contributed by atoms with Crippen LogP contribution in [0.3, 0.4) is 0 Å². The third-order valence-electron chi connectivity index (χ3n) is 7.44. The molecule has 1 N–H and O–H groups in total. The summed E-state index contributed by atoms with van der Waals surface area (Å²) in [6.45, 7) is 2.22. The summed E-state index contributed by atoms with van der Waals surface area (Å²) in [5.41, 5.74) is 2.13. The minimum Gasteiger partial charge on any atom is -0.481 e. The fourth-order valence-corrected chi connectivity index (χ4v) is 5.34. The standard InChI is InChI=1S/C28H30N4O6/c1-35-24-8-7-22-26(30-24)21(9-12-29-22)28(34)10-13-31(14-11-28)15-20-16-32(27(33)37-20)25-18-36-17-23(38-25)19-5-3-2-4-6-19/h2-3,5,7-9,12,17-18,20,34H,4,6,10-11,13-16H2,1H3/t20-/m0/s1. The van der Waals surface area contributed by atoms with E-state index in [1.54, 1.807) is 25.6 Å². The van der Waals surface area contributed by atoms with Crippen LogP contribution in [0.2, 0.25) is 0 Å². The second-order valence-corrected chi connectivity index (χ2v) is 9.86. The lowest BCUT2D eigenvalue weighted by Gasteiger charge is -2.39. The first kappa shape index (κ1) is 24.4. The Balaban J connectivity index is 1.07. The highest BCUT2D eigenvalue weighted by molar-refractivity contribution is 5.79. The molecule has 3 aliphatic heterocycles. The van der Waals surface area contributed by atoms with Crippen molar-refractivity contribution in [1.82, 2.24) is 19.8 Å². The van der Waals surface area contributed by atoms with Crippen LogP contribution in [0, 0.1) is 0 Å². The molecule has 0 bridgehead atoms. The third kappa shape index (κ3) is 4.72. The Morgan fingerprint density at radius 2 is 2.08 bits per heavy atom. The second-order valence-electron chi connectivity index (χ2n) is 9.86. The molecular formula is C28H30N4O6. The summed E-state index contributed by atoms with van der Waals surface area (Å²) < 4.78 is 22.4. The van der Waals surface area contributed by atoms with Gasteiger partial charge < -0.3 is 24.1 Å². The lowest BCUT2D eigenvalue weighted by molar-refractivity contribution is -0.0316. The van der Waals surface area contributed by atoms with E-state index < -0.39 is 11.7 Å². The number of nitrogens with zero attached hydrogens (tertiary/aromatic N) is 4. The molecular weight excluding hydrogens is 488 g/mol. The lowest BCUT2D eigenvalue weighted by atomic mass is 9.84. The van der Waals surface area contributed by atoms with Gasteiger partial charge >= 0.3 is 6.09 Å². The number of fused-ring (bicyclic) bond motifs is 1. The van der Waals surface area contributed by atoms with Crippen LogP contribution < -0.4 is 4.74 Å². The van der Waals surface area contributed by atoms with Crippen molar-refractivity contribution in [2.24, 2.45) is 0 Å². The molecule has 4 aliphatic rings. The number of aliphatic hydroxyl groups is 1. The molecule has 38 heavy (non-hydrogen) atoms. The Bertz CT molecular complexity index is 1360. The second kappa shape index (κ2) is 10.1. The molecule has 10 nitrogen and oxygen atoms in total. The lowest BCUT2D eigenvalue weighted by Crippen LogP contribution is -2.45. The molecule has 1 atom stereocenters. The minimum absolute atomic E-state index is 0.322. The fourth-order valence-electron chi connectivity index (χ4n) is 5.34. The van der Waals surface area contributed by atoms with Crippen LogP contribution >= 0.6 is 0 Å². The number of pyridine rings is 2. The number of allylic oxidation sites excluding steroid dienone is 4. The zero-order valence-corrected chi connectivity index (χ0v) is 21.2.